The van der Waals surface area contributed by atoms with Crippen LogP contribution in [0, 0.1) is 6.92 Å². The van der Waals surface area contributed by atoms with E-state index in [0.717, 1.165) is 5.76 Å². The molecule has 0 spiro atoms. The number of aliphatic carboxylic acids is 1. The third kappa shape index (κ3) is 4.03. The van der Waals surface area contributed by atoms with Crippen LogP contribution in [-0.4, -0.2) is 22.6 Å². The Balaban J connectivity index is 2.48. The van der Waals surface area contributed by atoms with Crippen LogP contribution in [0.2, 0.25) is 0 Å². The maximum absolute atomic E-state index is 10.8. The fraction of sp³-hybridized carbons (Fsp3) is 0.500. The number of aromatic nitrogens is 1. The summed E-state index contributed by atoms with van der Waals surface area (Å²) in [4.78, 5) is 14.9. The molecule has 5 nitrogen and oxygen atoms in total. The molecule has 17 heavy (non-hydrogen) atoms. The molecular weight excluding hydrogens is 220 g/mol. The second-order valence-electron chi connectivity index (χ2n) is 3.83. The first kappa shape index (κ1) is 13.4. The lowest BCUT2D eigenvalue weighted by Crippen LogP contribution is -2.19. The predicted molar refractivity (Wildman–Crippen MR) is 63.7 cm³/mol. The highest BCUT2D eigenvalue weighted by molar-refractivity contribution is 5.86. The Labute approximate surface area is 101 Å². The van der Waals surface area contributed by atoms with Gasteiger partial charge in [-0.05, 0) is 20.3 Å². The molecule has 0 aliphatic carbocycles. The highest BCUT2D eigenvalue weighted by Crippen LogP contribution is 2.11. The normalized spacial score (nSPS) is 13.7. The minimum atomic E-state index is -0.867. The Bertz CT molecular complexity index is 410. The van der Waals surface area contributed by atoms with Crippen LogP contribution in [0.1, 0.15) is 38.0 Å². The molecule has 0 fully saturated rings. The summed E-state index contributed by atoms with van der Waals surface area (Å²) in [5.74, 6) is 0.516. The molecule has 2 N–H and O–H groups in total. The maximum atomic E-state index is 10.8. The van der Waals surface area contributed by atoms with Crippen molar-refractivity contribution < 1.29 is 14.3 Å². The number of carbonyl (C=O) groups is 1. The van der Waals surface area contributed by atoms with Crippen molar-refractivity contribution in [2.24, 2.45) is 0 Å². The largest absolute Gasteiger partial charge is 0.478 e. The van der Waals surface area contributed by atoms with Gasteiger partial charge in [-0.2, -0.15) is 0 Å². The zero-order chi connectivity index (χ0) is 12.8. The average molecular weight is 238 g/mol. The van der Waals surface area contributed by atoms with Crippen molar-refractivity contribution in [1.82, 2.24) is 10.3 Å². The minimum absolute atomic E-state index is 0.0353. The summed E-state index contributed by atoms with van der Waals surface area (Å²) in [5, 5.41) is 12.0. The van der Waals surface area contributed by atoms with Crippen molar-refractivity contribution in [1.29, 1.82) is 0 Å². The van der Waals surface area contributed by atoms with Crippen LogP contribution < -0.4 is 5.32 Å². The first-order chi connectivity index (χ1) is 8.04. The molecule has 0 aromatic carbocycles. The van der Waals surface area contributed by atoms with Crippen molar-refractivity contribution in [2.45, 2.75) is 33.2 Å². The van der Waals surface area contributed by atoms with Gasteiger partial charge in [-0.3, -0.25) is 0 Å². The number of hydrogen-bond donors (Lipinski definition) is 2. The first-order valence-corrected chi connectivity index (χ1v) is 5.62. The Morgan fingerprint density at radius 1 is 1.71 bits per heavy atom. The molecule has 0 saturated carbocycles. The summed E-state index contributed by atoms with van der Waals surface area (Å²) in [5.41, 5.74) is 0.410. The number of nitrogens with zero attached hydrogens (tertiary/aromatic N) is 1. The molecule has 0 aliphatic rings. The van der Waals surface area contributed by atoms with E-state index in [-0.39, 0.29) is 6.04 Å². The molecule has 1 rings (SSSR count). The van der Waals surface area contributed by atoms with Crippen LogP contribution in [0.4, 0.5) is 0 Å². The molecule has 1 heterocycles. The van der Waals surface area contributed by atoms with E-state index in [4.69, 9.17) is 9.52 Å². The van der Waals surface area contributed by atoms with Gasteiger partial charge >= 0.3 is 5.97 Å². The molecular formula is C12H18N2O3. The van der Waals surface area contributed by atoms with E-state index in [1.54, 1.807) is 12.3 Å². The summed E-state index contributed by atoms with van der Waals surface area (Å²) in [6, 6.07) is -0.0353. The number of oxazole rings is 1. The maximum Gasteiger partial charge on any atom is 0.331 e. The van der Waals surface area contributed by atoms with Gasteiger partial charge in [-0.15, -0.1) is 0 Å². The van der Waals surface area contributed by atoms with E-state index in [1.165, 1.54) is 0 Å². The van der Waals surface area contributed by atoms with Gasteiger partial charge in [0, 0.05) is 12.1 Å². The quantitative estimate of drug-likeness (QED) is 0.742. The summed E-state index contributed by atoms with van der Waals surface area (Å²) in [7, 11) is 0. The molecule has 1 unspecified atom stereocenters. The average Bonchev–Trinajstić information content (AvgIpc) is 2.70. The lowest BCUT2D eigenvalue weighted by Gasteiger charge is -2.08. The van der Waals surface area contributed by atoms with Crippen molar-refractivity contribution in [2.75, 3.05) is 6.54 Å². The van der Waals surface area contributed by atoms with Gasteiger partial charge in [-0.1, -0.05) is 13.0 Å². The lowest BCUT2D eigenvalue weighted by molar-refractivity contribution is -0.132. The van der Waals surface area contributed by atoms with Crippen LogP contribution >= 0.6 is 0 Å². The van der Waals surface area contributed by atoms with Crippen molar-refractivity contribution >= 4 is 5.97 Å². The smallest absolute Gasteiger partial charge is 0.331 e. The van der Waals surface area contributed by atoms with E-state index in [2.05, 4.69) is 10.3 Å². The zero-order valence-corrected chi connectivity index (χ0v) is 10.4. The molecule has 94 valence electrons. The molecule has 1 atom stereocenters. The van der Waals surface area contributed by atoms with Gasteiger partial charge < -0.3 is 14.8 Å². The molecule has 1 aromatic heterocycles. The molecule has 5 heteroatoms. The van der Waals surface area contributed by atoms with Crippen molar-refractivity contribution in [3.8, 4) is 0 Å². The van der Waals surface area contributed by atoms with E-state index < -0.39 is 5.97 Å². The summed E-state index contributed by atoms with van der Waals surface area (Å²) < 4.78 is 5.37. The van der Waals surface area contributed by atoms with Crippen LogP contribution in [0.25, 0.3) is 0 Å². The number of carboxylic acids is 1. The Hall–Kier alpha value is -1.62. The number of hydrogen-bond acceptors (Lipinski definition) is 4. The van der Waals surface area contributed by atoms with Crippen molar-refractivity contribution in [3.05, 3.63) is 29.5 Å². The molecule has 0 aliphatic heterocycles. The molecule has 0 bridgehead atoms. The summed E-state index contributed by atoms with van der Waals surface area (Å²) in [6.07, 6.45) is 3.86. The van der Waals surface area contributed by atoms with Crippen molar-refractivity contribution in [3.63, 3.8) is 0 Å². The van der Waals surface area contributed by atoms with Crippen LogP contribution in [0.15, 0.2) is 22.3 Å². The number of aryl methyl sites for hydroxylation is 1. The van der Waals surface area contributed by atoms with E-state index >= 15 is 0 Å². The Morgan fingerprint density at radius 2 is 2.41 bits per heavy atom. The predicted octanol–water partition coefficient (Wildman–Crippen LogP) is 2.05. The second-order valence-corrected chi connectivity index (χ2v) is 3.83. The van der Waals surface area contributed by atoms with Gasteiger partial charge in [-0.25, -0.2) is 9.78 Å². The number of nitrogens with one attached hydrogen (secondary N) is 1. The third-order valence-electron chi connectivity index (χ3n) is 2.44. The van der Waals surface area contributed by atoms with E-state index in [0.29, 0.717) is 24.4 Å². The zero-order valence-electron chi connectivity index (χ0n) is 10.4. The van der Waals surface area contributed by atoms with E-state index in [1.807, 2.05) is 20.8 Å². The lowest BCUT2D eigenvalue weighted by atomic mass is 10.2. The van der Waals surface area contributed by atoms with Gasteiger partial charge in [0.05, 0.1) is 12.2 Å². The topological polar surface area (TPSA) is 75.4 Å². The molecule has 0 amide bonds. The van der Waals surface area contributed by atoms with Crippen LogP contribution in [0.5, 0.6) is 0 Å². The highest BCUT2D eigenvalue weighted by Gasteiger charge is 2.10. The van der Waals surface area contributed by atoms with Crippen LogP contribution in [0.3, 0.4) is 0 Å². The monoisotopic (exact) mass is 238 g/mol. The molecule has 1 aromatic rings. The van der Waals surface area contributed by atoms with Gasteiger partial charge in [0.1, 0.15) is 5.76 Å². The SMILES string of the molecule is CC/C(=C/CNC(C)c1ncc(C)o1)C(=O)O. The molecule has 0 saturated heterocycles. The first-order valence-electron chi connectivity index (χ1n) is 5.62. The summed E-state index contributed by atoms with van der Waals surface area (Å²) >= 11 is 0. The summed E-state index contributed by atoms with van der Waals surface area (Å²) in [6.45, 7) is 6.06. The highest BCUT2D eigenvalue weighted by atomic mass is 16.4. The third-order valence-corrected chi connectivity index (χ3v) is 2.44. The Kier molecular flexibility index (Phi) is 4.90. The molecule has 0 radical (unpaired) electrons. The fourth-order valence-electron chi connectivity index (χ4n) is 1.40. The second kappa shape index (κ2) is 6.20. The van der Waals surface area contributed by atoms with Gasteiger partial charge in [0.15, 0.2) is 0 Å². The number of carboxylic acid groups (broad SMARTS) is 1. The van der Waals surface area contributed by atoms with Gasteiger partial charge in [0.2, 0.25) is 5.89 Å². The van der Waals surface area contributed by atoms with Gasteiger partial charge in [0.25, 0.3) is 0 Å². The standard InChI is InChI=1S/C12H18N2O3/c1-4-10(12(15)16)5-6-13-9(3)11-14-7-8(2)17-11/h5,7,9,13H,4,6H2,1-3H3,(H,15,16)/b10-5-. The number of rotatable bonds is 6. The van der Waals surface area contributed by atoms with E-state index in [9.17, 15) is 4.79 Å². The fourth-order valence-corrected chi connectivity index (χ4v) is 1.40. The Morgan fingerprint density at radius 3 is 2.88 bits per heavy atom. The minimum Gasteiger partial charge on any atom is -0.478 e. The van der Waals surface area contributed by atoms with Crippen LogP contribution in [-0.2, 0) is 4.79 Å².